The van der Waals surface area contributed by atoms with Gasteiger partial charge >= 0.3 is 5.69 Å². The van der Waals surface area contributed by atoms with Crippen molar-refractivity contribution in [2.24, 2.45) is 0 Å². The normalized spacial score (nSPS) is 11.7. The van der Waals surface area contributed by atoms with E-state index in [2.05, 4.69) is 15.2 Å². The van der Waals surface area contributed by atoms with Crippen LogP contribution in [0.2, 0.25) is 5.02 Å². The minimum atomic E-state index is -4.21. The monoisotopic (exact) mass is 487 g/mol. The molecule has 0 aliphatic heterocycles. The molecule has 0 unspecified atom stereocenters. The van der Waals surface area contributed by atoms with Crippen LogP contribution in [0.15, 0.2) is 70.5 Å². The Morgan fingerprint density at radius 1 is 1.09 bits per heavy atom. The van der Waals surface area contributed by atoms with E-state index in [1.165, 1.54) is 13.2 Å². The molecule has 0 amide bonds. The van der Waals surface area contributed by atoms with Crippen LogP contribution in [0.5, 0.6) is 11.5 Å². The highest BCUT2D eigenvalue weighted by Crippen LogP contribution is 2.38. The number of phenols is 2. The quantitative estimate of drug-likeness (QED) is 0.379. The first-order chi connectivity index (χ1) is 15.7. The van der Waals surface area contributed by atoms with Gasteiger partial charge in [-0.1, -0.05) is 29.8 Å². The first kappa shape index (κ1) is 22.5. The maximum Gasteiger partial charge on any atom is 0.348 e. The molecule has 0 aliphatic carbocycles. The second-order valence-electron chi connectivity index (χ2n) is 7.06. The smallest absolute Gasteiger partial charge is 0.348 e. The molecule has 0 atom stereocenters. The van der Waals surface area contributed by atoms with Crippen LogP contribution in [0.25, 0.3) is 17.1 Å². The van der Waals surface area contributed by atoms with E-state index < -0.39 is 32.1 Å². The molecule has 170 valence electrons. The van der Waals surface area contributed by atoms with Crippen molar-refractivity contribution in [3.05, 3.63) is 82.0 Å². The fraction of sp³-hybridized carbons (Fsp3) is 0.0952. The van der Waals surface area contributed by atoms with Gasteiger partial charge in [-0.2, -0.15) is 9.40 Å². The lowest BCUT2D eigenvalue weighted by atomic mass is 10.1. The number of nitrogens with one attached hydrogen (secondary N) is 1. The van der Waals surface area contributed by atoms with Crippen molar-refractivity contribution >= 4 is 21.6 Å². The van der Waals surface area contributed by atoms with Gasteiger partial charge in [0.05, 0.1) is 28.5 Å². The molecular weight excluding hydrogens is 470 g/mol. The summed E-state index contributed by atoms with van der Waals surface area (Å²) < 4.78 is 28.5. The van der Waals surface area contributed by atoms with Gasteiger partial charge in [-0.25, -0.2) is 22.9 Å². The highest BCUT2D eigenvalue weighted by Gasteiger charge is 2.28. The van der Waals surface area contributed by atoms with E-state index >= 15 is 0 Å². The number of aromatic nitrogens is 4. The molecule has 2 aromatic carbocycles. The van der Waals surface area contributed by atoms with Crippen molar-refractivity contribution < 1.29 is 18.6 Å². The van der Waals surface area contributed by atoms with Gasteiger partial charge in [-0.05, 0) is 30.3 Å². The molecule has 0 saturated carbocycles. The Balaban J connectivity index is 1.83. The Bertz CT molecular complexity index is 1480. The Morgan fingerprint density at radius 2 is 1.82 bits per heavy atom. The zero-order chi connectivity index (χ0) is 23.8. The summed E-state index contributed by atoms with van der Waals surface area (Å²) in [6.45, 7) is -0.0500. The molecule has 2 heterocycles. The highest BCUT2D eigenvalue weighted by molar-refractivity contribution is 7.89. The van der Waals surface area contributed by atoms with Crippen LogP contribution in [0, 0.1) is 0 Å². The third-order valence-corrected chi connectivity index (χ3v) is 7.04. The van der Waals surface area contributed by atoms with Gasteiger partial charge < -0.3 is 10.2 Å². The van der Waals surface area contributed by atoms with E-state index in [0.29, 0.717) is 5.69 Å². The van der Waals surface area contributed by atoms with E-state index in [0.717, 1.165) is 21.0 Å². The van der Waals surface area contributed by atoms with E-state index in [1.807, 2.05) is 0 Å². The van der Waals surface area contributed by atoms with Crippen LogP contribution < -0.4 is 5.69 Å². The van der Waals surface area contributed by atoms with Gasteiger partial charge in [0.25, 0.3) is 0 Å². The number of sulfonamides is 1. The number of pyridine rings is 1. The van der Waals surface area contributed by atoms with Crippen LogP contribution in [-0.2, 0) is 16.6 Å². The topological polar surface area (TPSA) is 141 Å². The largest absolute Gasteiger partial charge is 0.507 e. The number of aromatic amines is 1. The third kappa shape index (κ3) is 4.21. The van der Waals surface area contributed by atoms with Crippen LogP contribution in [0.1, 0.15) is 5.69 Å². The Hall–Kier alpha value is -3.67. The molecule has 2 aromatic heterocycles. The maximum atomic E-state index is 13.2. The highest BCUT2D eigenvalue weighted by atomic mass is 35.5. The number of aromatic hydroxyl groups is 2. The van der Waals surface area contributed by atoms with Gasteiger partial charge in [0.1, 0.15) is 16.4 Å². The van der Waals surface area contributed by atoms with Crippen molar-refractivity contribution in [3.8, 4) is 28.6 Å². The van der Waals surface area contributed by atoms with Crippen molar-refractivity contribution in [2.45, 2.75) is 11.4 Å². The first-order valence-electron chi connectivity index (χ1n) is 9.55. The molecule has 0 bridgehead atoms. The SMILES string of the molecule is CN(Cc1ccccn1)S(=O)(=O)c1cc(-c2n[nH]c(=O)n2-c2ccccc2Cl)c(O)cc1O. The molecule has 4 aromatic rings. The van der Waals surface area contributed by atoms with Crippen LogP contribution in [0.4, 0.5) is 0 Å². The van der Waals surface area contributed by atoms with Crippen LogP contribution in [0.3, 0.4) is 0 Å². The zero-order valence-corrected chi connectivity index (χ0v) is 18.7. The molecule has 3 N–H and O–H groups in total. The number of para-hydroxylation sites is 1. The average molecular weight is 488 g/mol. The second-order valence-corrected chi connectivity index (χ2v) is 9.48. The summed E-state index contributed by atoms with van der Waals surface area (Å²) in [4.78, 5) is 16.1. The van der Waals surface area contributed by atoms with E-state index in [9.17, 15) is 23.4 Å². The number of nitrogens with zero attached hydrogens (tertiary/aromatic N) is 4. The van der Waals surface area contributed by atoms with E-state index in [4.69, 9.17) is 11.6 Å². The van der Waals surface area contributed by atoms with Crippen LogP contribution in [-0.4, -0.2) is 49.7 Å². The molecule has 10 nitrogen and oxygen atoms in total. The summed E-state index contributed by atoms with van der Waals surface area (Å²) in [6, 6.07) is 13.5. The van der Waals surface area contributed by atoms with Gasteiger partial charge in [-0.3, -0.25) is 4.98 Å². The molecule has 0 radical (unpaired) electrons. The standard InChI is InChI=1S/C21H18ClN5O5S/c1-26(12-13-6-4-5-9-23-13)33(31,32)19-10-14(17(28)11-18(19)29)20-24-25-21(30)27(20)16-8-3-2-7-15(16)22/h2-11,28-29H,12H2,1H3,(H,25,30). The minimum Gasteiger partial charge on any atom is -0.507 e. The lowest BCUT2D eigenvalue weighted by molar-refractivity contribution is 0.428. The number of H-pyrrole nitrogens is 1. The molecule has 0 spiro atoms. The van der Waals surface area contributed by atoms with Gasteiger partial charge in [0, 0.05) is 19.3 Å². The number of benzene rings is 2. The first-order valence-corrected chi connectivity index (χ1v) is 11.4. The van der Waals surface area contributed by atoms with E-state index in [1.54, 1.807) is 42.5 Å². The van der Waals surface area contributed by atoms with E-state index in [-0.39, 0.29) is 28.6 Å². The molecule has 12 heteroatoms. The number of halogens is 1. The summed E-state index contributed by atoms with van der Waals surface area (Å²) in [5.41, 5.74) is 0.0251. The van der Waals surface area contributed by atoms with Crippen LogP contribution >= 0.6 is 11.6 Å². The van der Waals surface area contributed by atoms with Crippen molar-refractivity contribution in [3.63, 3.8) is 0 Å². The fourth-order valence-electron chi connectivity index (χ4n) is 3.25. The Morgan fingerprint density at radius 3 is 2.52 bits per heavy atom. The maximum absolute atomic E-state index is 13.2. The second kappa shape index (κ2) is 8.70. The predicted molar refractivity (Wildman–Crippen MR) is 121 cm³/mol. The number of hydrogen-bond acceptors (Lipinski definition) is 7. The molecular formula is C21H18ClN5O5S. The molecule has 0 aliphatic rings. The predicted octanol–water partition coefficient (Wildman–Crippen LogP) is 2.51. The number of hydrogen-bond donors (Lipinski definition) is 3. The molecule has 0 saturated heterocycles. The van der Waals surface area contributed by atoms with Crippen molar-refractivity contribution in [1.82, 2.24) is 24.1 Å². The number of phenolic OH excluding ortho intramolecular Hbond substituents is 2. The van der Waals surface area contributed by atoms with Crippen molar-refractivity contribution in [1.29, 1.82) is 0 Å². The lowest BCUT2D eigenvalue weighted by Crippen LogP contribution is -2.27. The number of rotatable bonds is 6. The van der Waals surface area contributed by atoms with Gasteiger partial charge in [0.2, 0.25) is 10.0 Å². The zero-order valence-electron chi connectivity index (χ0n) is 17.2. The molecule has 4 rings (SSSR count). The summed E-state index contributed by atoms with van der Waals surface area (Å²) in [6.07, 6.45) is 1.54. The molecule has 0 fully saturated rings. The average Bonchev–Trinajstić information content (AvgIpc) is 3.15. The van der Waals surface area contributed by atoms with Gasteiger partial charge in [0.15, 0.2) is 5.82 Å². The minimum absolute atomic E-state index is 0.0500. The summed E-state index contributed by atoms with van der Waals surface area (Å²) in [7, 11) is -2.88. The third-order valence-electron chi connectivity index (χ3n) is 4.88. The van der Waals surface area contributed by atoms with Crippen molar-refractivity contribution in [2.75, 3.05) is 7.05 Å². The Labute approximate surface area is 193 Å². The Kier molecular flexibility index (Phi) is 5.93. The fourth-order valence-corrected chi connectivity index (χ4v) is 4.70. The summed E-state index contributed by atoms with van der Waals surface area (Å²) in [5, 5.41) is 27.3. The summed E-state index contributed by atoms with van der Waals surface area (Å²) >= 11 is 6.22. The summed E-state index contributed by atoms with van der Waals surface area (Å²) in [5.74, 6) is -1.23. The molecule has 33 heavy (non-hydrogen) atoms. The lowest BCUT2D eigenvalue weighted by Gasteiger charge is -2.18. The van der Waals surface area contributed by atoms with Gasteiger partial charge in [-0.15, -0.1) is 0 Å².